The van der Waals surface area contributed by atoms with Crippen molar-refractivity contribution < 1.29 is 5.11 Å². The van der Waals surface area contributed by atoms with E-state index in [1.807, 2.05) is 22.7 Å². The average Bonchev–Trinajstić information content (AvgIpc) is 3.05. The third kappa shape index (κ3) is 3.40. The molecule has 1 aliphatic rings. The molecule has 0 amide bonds. The molecule has 4 rings (SSSR count). The highest BCUT2D eigenvalue weighted by Crippen LogP contribution is 2.24. The Balaban J connectivity index is 1.67. The van der Waals surface area contributed by atoms with Gasteiger partial charge in [0.25, 0.3) is 0 Å². The van der Waals surface area contributed by atoms with Crippen LogP contribution in [0.2, 0.25) is 0 Å². The summed E-state index contributed by atoms with van der Waals surface area (Å²) >= 11 is 0. The number of fused-ring (bicyclic) bond motifs is 1. The first-order valence-electron chi connectivity index (χ1n) is 9.00. The monoisotopic (exact) mass is 352 g/mol. The molecular formula is C19H24N6O. The number of piperidine rings is 1. The molecule has 3 aromatic rings. The number of hydrogen-bond acceptors (Lipinski definition) is 6. The maximum Gasteiger partial charge on any atom is 0.145 e. The summed E-state index contributed by atoms with van der Waals surface area (Å²) in [5.74, 6) is 0.768. The Hall–Kier alpha value is -2.51. The number of anilines is 1. The summed E-state index contributed by atoms with van der Waals surface area (Å²) < 4.78 is 1.95. The Bertz CT molecular complexity index is 908. The molecule has 26 heavy (non-hydrogen) atoms. The second-order valence-corrected chi connectivity index (χ2v) is 7.33. The van der Waals surface area contributed by atoms with Gasteiger partial charge in [0.2, 0.25) is 0 Å². The van der Waals surface area contributed by atoms with E-state index in [0.717, 1.165) is 54.3 Å². The summed E-state index contributed by atoms with van der Waals surface area (Å²) in [5.41, 5.74) is 2.31. The number of imidazole rings is 1. The highest BCUT2D eigenvalue weighted by atomic mass is 16.3. The fourth-order valence-corrected chi connectivity index (χ4v) is 3.28. The SMILES string of the molecule is CC(C)(O)c1ccc2ncc(-c3cncc(N[C@@H]4CCCNC4)n3)n2c1. The third-order valence-corrected chi connectivity index (χ3v) is 4.76. The van der Waals surface area contributed by atoms with Crippen molar-refractivity contribution in [1.82, 2.24) is 24.7 Å². The second kappa shape index (κ2) is 6.66. The zero-order valence-corrected chi connectivity index (χ0v) is 15.1. The average molecular weight is 352 g/mol. The molecule has 1 aliphatic heterocycles. The third-order valence-electron chi connectivity index (χ3n) is 4.76. The molecule has 1 saturated heterocycles. The molecule has 3 N–H and O–H groups in total. The van der Waals surface area contributed by atoms with Gasteiger partial charge in [-0.1, -0.05) is 6.07 Å². The molecule has 3 aromatic heterocycles. The summed E-state index contributed by atoms with van der Waals surface area (Å²) in [6.07, 6.45) is 9.49. The second-order valence-electron chi connectivity index (χ2n) is 7.33. The maximum absolute atomic E-state index is 10.3. The zero-order valence-electron chi connectivity index (χ0n) is 15.1. The van der Waals surface area contributed by atoms with Gasteiger partial charge in [-0.15, -0.1) is 0 Å². The van der Waals surface area contributed by atoms with Crippen molar-refractivity contribution in [3.05, 3.63) is 42.5 Å². The van der Waals surface area contributed by atoms with Gasteiger partial charge in [-0.3, -0.25) is 9.38 Å². The molecule has 1 fully saturated rings. The molecule has 4 heterocycles. The van der Waals surface area contributed by atoms with Crippen LogP contribution in [0.4, 0.5) is 5.82 Å². The van der Waals surface area contributed by atoms with Crippen molar-refractivity contribution in [3.63, 3.8) is 0 Å². The van der Waals surface area contributed by atoms with E-state index in [4.69, 9.17) is 4.98 Å². The van der Waals surface area contributed by atoms with Crippen LogP contribution >= 0.6 is 0 Å². The number of pyridine rings is 1. The normalized spacial score (nSPS) is 18.2. The summed E-state index contributed by atoms with van der Waals surface area (Å²) in [7, 11) is 0. The highest BCUT2D eigenvalue weighted by molar-refractivity contribution is 5.61. The van der Waals surface area contributed by atoms with Gasteiger partial charge in [-0.05, 0) is 44.9 Å². The summed E-state index contributed by atoms with van der Waals surface area (Å²) in [6, 6.07) is 4.17. The Morgan fingerprint density at radius 3 is 2.92 bits per heavy atom. The molecular weight excluding hydrogens is 328 g/mol. The van der Waals surface area contributed by atoms with Crippen molar-refractivity contribution in [2.75, 3.05) is 18.4 Å². The minimum absolute atomic E-state index is 0.372. The van der Waals surface area contributed by atoms with Crippen LogP contribution in [0.15, 0.2) is 36.9 Å². The smallest absolute Gasteiger partial charge is 0.145 e. The predicted octanol–water partition coefficient (Wildman–Crippen LogP) is 2.18. The Morgan fingerprint density at radius 2 is 2.15 bits per heavy atom. The van der Waals surface area contributed by atoms with Crippen molar-refractivity contribution in [2.45, 2.75) is 38.3 Å². The van der Waals surface area contributed by atoms with E-state index in [2.05, 4.69) is 20.6 Å². The van der Waals surface area contributed by atoms with Crippen molar-refractivity contribution in [1.29, 1.82) is 0 Å². The quantitative estimate of drug-likeness (QED) is 0.667. The van der Waals surface area contributed by atoms with Gasteiger partial charge in [0.05, 0.1) is 29.9 Å². The van der Waals surface area contributed by atoms with Crippen LogP contribution in [0.1, 0.15) is 32.3 Å². The summed E-state index contributed by atoms with van der Waals surface area (Å²) in [5, 5.41) is 17.2. The standard InChI is InChI=1S/C19H24N6O/c1-19(2,26)13-5-6-18-22-10-16(25(18)12-13)15-9-21-11-17(24-15)23-14-4-3-7-20-8-14/h5-6,9-12,14,20,26H,3-4,7-8H2,1-2H3,(H,23,24)/t14-/m1/s1. The van der Waals surface area contributed by atoms with Gasteiger partial charge in [0.1, 0.15) is 17.2 Å². The van der Waals surface area contributed by atoms with Gasteiger partial charge in [0.15, 0.2) is 0 Å². The van der Waals surface area contributed by atoms with Gasteiger partial charge in [-0.2, -0.15) is 0 Å². The lowest BCUT2D eigenvalue weighted by molar-refractivity contribution is 0.0782. The van der Waals surface area contributed by atoms with Crippen LogP contribution in [0, 0.1) is 0 Å². The van der Waals surface area contributed by atoms with E-state index >= 15 is 0 Å². The van der Waals surface area contributed by atoms with Crippen molar-refractivity contribution >= 4 is 11.5 Å². The largest absolute Gasteiger partial charge is 0.386 e. The highest BCUT2D eigenvalue weighted by Gasteiger charge is 2.18. The Kier molecular flexibility index (Phi) is 4.34. The van der Waals surface area contributed by atoms with Crippen molar-refractivity contribution in [2.24, 2.45) is 0 Å². The van der Waals surface area contributed by atoms with E-state index < -0.39 is 5.60 Å². The number of aromatic nitrogens is 4. The van der Waals surface area contributed by atoms with Gasteiger partial charge in [0, 0.05) is 18.8 Å². The van der Waals surface area contributed by atoms with E-state index in [1.165, 1.54) is 0 Å². The minimum atomic E-state index is -0.918. The van der Waals surface area contributed by atoms with E-state index in [0.29, 0.717) is 6.04 Å². The fraction of sp³-hybridized carbons (Fsp3) is 0.421. The van der Waals surface area contributed by atoms with Crippen LogP contribution in [0.3, 0.4) is 0 Å². The minimum Gasteiger partial charge on any atom is -0.386 e. The summed E-state index contributed by atoms with van der Waals surface area (Å²) in [6.45, 7) is 5.56. The molecule has 0 aromatic carbocycles. The number of hydrogen-bond donors (Lipinski definition) is 3. The first-order chi connectivity index (χ1) is 12.5. The molecule has 136 valence electrons. The van der Waals surface area contributed by atoms with Gasteiger partial charge < -0.3 is 15.7 Å². The van der Waals surface area contributed by atoms with Crippen LogP contribution in [0.25, 0.3) is 17.0 Å². The van der Waals surface area contributed by atoms with Crippen LogP contribution in [-0.4, -0.2) is 43.6 Å². The lowest BCUT2D eigenvalue weighted by Crippen LogP contribution is -2.38. The molecule has 0 bridgehead atoms. The molecule has 0 saturated carbocycles. The van der Waals surface area contributed by atoms with Crippen molar-refractivity contribution in [3.8, 4) is 11.4 Å². The lowest BCUT2D eigenvalue weighted by Gasteiger charge is -2.24. The molecule has 0 radical (unpaired) electrons. The number of nitrogens with one attached hydrogen (secondary N) is 2. The molecule has 0 aliphatic carbocycles. The fourth-order valence-electron chi connectivity index (χ4n) is 3.28. The Morgan fingerprint density at radius 1 is 1.27 bits per heavy atom. The molecule has 7 nitrogen and oxygen atoms in total. The van der Waals surface area contributed by atoms with E-state index in [-0.39, 0.29) is 0 Å². The number of nitrogens with zero attached hydrogens (tertiary/aromatic N) is 4. The van der Waals surface area contributed by atoms with Crippen LogP contribution < -0.4 is 10.6 Å². The molecule has 7 heteroatoms. The van der Waals surface area contributed by atoms with Gasteiger partial charge in [-0.25, -0.2) is 9.97 Å². The van der Waals surface area contributed by atoms with Crippen LogP contribution in [0.5, 0.6) is 0 Å². The first-order valence-corrected chi connectivity index (χ1v) is 9.00. The molecule has 0 spiro atoms. The number of rotatable bonds is 4. The van der Waals surface area contributed by atoms with E-state index in [9.17, 15) is 5.11 Å². The lowest BCUT2D eigenvalue weighted by atomic mass is 10.0. The first kappa shape index (κ1) is 16.9. The van der Waals surface area contributed by atoms with E-state index in [1.54, 1.807) is 32.4 Å². The van der Waals surface area contributed by atoms with Crippen LogP contribution in [-0.2, 0) is 5.60 Å². The van der Waals surface area contributed by atoms with Gasteiger partial charge >= 0.3 is 0 Å². The number of aliphatic hydroxyl groups is 1. The molecule has 1 atom stereocenters. The zero-order chi connectivity index (χ0) is 18.1. The molecule has 0 unspecified atom stereocenters. The Labute approximate surface area is 152 Å². The summed E-state index contributed by atoms with van der Waals surface area (Å²) in [4.78, 5) is 13.5. The topological polar surface area (TPSA) is 87.4 Å². The maximum atomic E-state index is 10.3. The predicted molar refractivity (Wildman–Crippen MR) is 101 cm³/mol.